The van der Waals surface area contributed by atoms with Crippen LogP contribution in [0.2, 0.25) is 0 Å². The highest BCUT2D eigenvalue weighted by Gasteiger charge is 2.13. The van der Waals surface area contributed by atoms with Crippen molar-refractivity contribution in [3.8, 4) is 0 Å². The molecule has 0 aliphatic heterocycles. The molecule has 0 radical (unpaired) electrons. The van der Waals surface area contributed by atoms with Crippen molar-refractivity contribution in [3.63, 3.8) is 0 Å². The van der Waals surface area contributed by atoms with Crippen LogP contribution in [0.1, 0.15) is 22.7 Å². The Morgan fingerprint density at radius 3 is 2.39 bits per heavy atom. The number of nitrogens with one attached hydrogen (secondary N) is 1. The van der Waals surface area contributed by atoms with Gasteiger partial charge in [0, 0.05) is 10.5 Å². The van der Waals surface area contributed by atoms with Crippen LogP contribution in [0.3, 0.4) is 0 Å². The molecular weight excluding hydrogens is 286 g/mol. The summed E-state index contributed by atoms with van der Waals surface area (Å²) >= 11 is 3.62. The van der Waals surface area contributed by atoms with Gasteiger partial charge in [-0.3, -0.25) is 0 Å². The fraction of sp³-hybridized carbons (Fsp3) is 0.250. The maximum Gasteiger partial charge on any atom is 0.0361 e. The van der Waals surface area contributed by atoms with Crippen LogP contribution in [0.25, 0.3) is 0 Å². The van der Waals surface area contributed by atoms with Crippen LogP contribution in [-0.4, -0.2) is 7.05 Å². The number of hydrogen-bond acceptors (Lipinski definition) is 1. The van der Waals surface area contributed by atoms with Crippen molar-refractivity contribution in [3.05, 3.63) is 69.7 Å². The van der Waals surface area contributed by atoms with E-state index >= 15 is 0 Å². The van der Waals surface area contributed by atoms with E-state index in [1.54, 1.807) is 0 Å². The number of hydrogen-bond donors (Lipinski definition) is 1. The fourth-order valence-corrected chi connectivity index (χ4v) is 2.68. The Labute approximate surface area is 117 Å². The van der Waals surface area contributed by atoms with Crippen molar-refractivity contribution >= 4 is 15.9 Å². The molecule has 2 aromatic carbocycles. The van der Waals surface area contributed by atoms with Gasteiger partial charge in [-0.25, -0.2) is 0 Å². The quantitative estimate of drug-likeness (QED) is 0.890. The molecule has 94 valence electrons. The molecule has 2 rings (SSSR count). The number of benzene rings is 2. The fourth-order valence-electron chi connectivity index (χ4n) is 2.23. The van der Waals surface area contributed by atoms with E-state index in [0.717, 1.165) is 6.42 Å². The van der Waals surface area contributed by atoms with Crippen LogP contribution in [0.15, 0.2) is 53.0 Å². The molecule has 2 heteroatoms. The zero-order chi connectivity index (χ0) is 13.0. The third-order valence-electron chi connectivity index (χ3n) is 3.29. The zero-order valence-electron chi connectivity index (χ0n) is 10.8. The third kappa shape index (κ3) is 3.01. The summed E-state index contributed by atoms with van der Waals surface area (Å²) in [6.45, 7) is 2.17. The summed E-state index contributed by atoms with van der Waals surface area (Å²) in [5, 5.41) is 3.41. The van der Waals surface area contributed by atoms with Crippen molar-refractivity contribution in [2.24, 2.45) is 0 Å². The molecule has 1 N–H and O–H groups in total. The van der Waals surface area contributed by atoms with Gasteiger partial charge in [0.2, 0.25) is 0 Å². The van der Waals surface area contributed by atoms with Gasteiger partial charge >= 0.3 is 0 Å². The predicted molar refractivity (Wildman–Crippen MR) is 80.8 cm³/mol. The Bertz CT molecular complexity index is 522. The van der Waals surface area contributed by atoms with E-state index < -0.39 is 0 Å². The van der Waals surface area contributed by atoms with Crippen LogP contribution in [-0.2, 0) is 6.42 Å². The van der Waals surface area contributed by atoms with E-state index in [1.165, 1.54) is 21.2 Å². The lowest BCUT2D eigenvalue weighted by Crippen LogP contribution is -2.19. The molecule has 0 aromatic heterocycles. The monoisotopic (exact) mass is 303 g/mol. The number of rotatable bonds is 4. The van der Waals surface area contributed by atoms with Crippen LogP contribution >= 0.6 is 15.9 Å². The molecule has 0 saturated carbocycles. The van der Waals surface area contributed by atoms with E-state index in [9.17, 15) is 0 Å². The smallest absolute Gasteiger partial charge is 0.0361 e. The van der Waals surface area contributed by atoms with Gasteiger partial charge in [-0.05, 0) is 43.1 Å². The maximum atomic E-state index is 3.62. The standard InChI is InChI=1S/C16H18BrN/c1-12-7-3-5-9-14(12)16(18-2)11-13-8-4-6-10-15(13)17/h3-10,16,18H,11H2,1-2H3. The normalized spacial score (nSPS) is 12.4. The highest BCUT2D eigenvalue weighted by Crippen LogP contribution is 2.25. The molecule has 0 saturated heterocycles. The summed E-state index contributed by atoms with van der Waals surface area (Å²) < 4.78 is 1.18. The molecule has 0 aliphatic rings. The summed E-state index contributed by atoms with van der Waals surface area (Å²) in [4.78, 5) is 0. The number of aryl methyl sites for hydroxylation is 1. The van der Waals surface area contributed by atoms with Gasteiger partial charge < -0.3 is 5.32 Å². The molecule has 0 fully saturated rings. The van der Waals surface area contributed by atoms with E-state index in [2.05, 4.69) is 76.7 Å². The van der Waals surface area contributed by atoms with E-state index in [0.29, 0.717) is 6.04 Å². The molecule has 0 spiro atoms. The molecule has 0 aliphatic carbocycles. The first-order valence-electron chi connectivity index (χ1n) is 6.18. The Balaban J connectivity index is 2.26. The van der Waals surface area contributed by atoms with Crippen molar-refractivity contribution in [2.45, 2.75) is 19.4 Å². The third-order valence-corrected chi connectivity index (χ3v) is 4.07. The summed E-state index contributed by atoms with van der Waals surface area (Å²) in [6, 6.07) is 17.3. The van der Waals surface area contributed by atoms with Gasteiger partial charge in [-0.15, -0.1) is 0 Å². The van der Waals surface area contributed by atoms with Crippen molar-refractivity contribution in [2.75, 3.05) is 7.05 Å². The van der Waals surface area contributed by atoms with Crippen molar-refractivity contribution in [1.29, 1.82) is 0 Å². The first-order valence-corrected chi connectivity index (χ1v) is 6.98. The first-order chi connectivity index (χ1) is 8.72. The van der Waals surface area contributed by atoms with Crippen LogP contribution in [0.5, 0.6) is 0 Å². The Morgan fingerprint density at radius 1 is 1.06 bits per heavy atom. The average Bonchev–Trinajstić information content (AvgIpc) is 2.39. The van der Waals surface area contributed by atoms with Crippen molar-refractivity contribution < 1.29 is 0 Å². The summed E-state index contributed by atoms with van der Waals surface area (Å²) in [6.07, 6.45) is 0.989. The summed E-state index contributed by atoms with van der Waals surface area (Å²) in [5.41, 5.74) is 4.04. The minimum atomic E-state index is 0.352. The number of halogens is 1. The molecule has 0 bridgehead atoms. The van der Waals surface area contributed by atoms with Crippen molar-refractivity contribution in [1.82, 2.24) is 5.32 Å². The van der Waals surface area contributed by atoms with Gasteiger partial charge in [-0.1, -0.05) is 58.4 Å². The second-order valence-electron chi connectivity index (χ2n) is 4.49. The first kappa shape index (κ1) is 13.3. The molecule has 0 heterocycles. The SMILES string of the molecule is CNC(Cc1ccccc1Br)c1ccccc1C. The number of likely N-dealkylation sites (N-methyl/N-ethyl adjacent to an activating group) is 1. The summed E-state index contributed by atoms with van der Waals surface area (Å²) in [5.74, 6) is 0. The molecule has 1 atom stereocenters. The largest absolute Gasteiger partial charge is 0.313 e. The lowest BCUT2D eigenvalue weighted by molar-refractivity contribution is 0.588. The molecule has 1 unspecified atom stereocenters. The highest BCUT2D eigenvalue weighted by atomic mass is 79.9. The predicted octanol–water partition coefficient (Wildman–Crippen LogP) is 4.26. The topological polar surface area (TPSA) is 12.0 Å². The Morgan fingerprint density at radius 2 is 1.72 bits per heavy atom. The minimum Gasteiger partial charge on any atom is -0.313 e. The van der Waals surface area contributed by atoms with Gasteiger partial charge in [0.25, 0.3) is 0 Å². The zero-order valence-corrected chi connectivity index (χ0v) is 12.4. The molecule has 2 aromatic rings. The Kier molecular flexibility index (Phi) is 4.56. The van der Waals surface area contributed by atoms with E-state index in [-0.39, 0.29) is 0 Å². The average molecular weight is 304 g/mol. The van der Waals surface area contributed by atoms with E-state index in [1.807, 2.05) is 7.05 Å². The van der Waals surface area contributed by atoms with Gasteiger partial charge in [0.15, 0.2) is 0 Å². The lowest BCUT2D eigenvalue weighted by Gasteiger charge is -2.19. The van der Waals surface area contributed by atoms with E-state index in [4.69, 9.17) is 0 Å². The van der Waals surface area contributed by atoms with Crippen LogP contribution in [0, 0.1) is 6.92 Å². The van der Waals surface area contributed by atoms with Crippen LogP contribution < -0.4 is 5.32 Å². The second-order valence-corrected chi connectivity index (χ2v) is 5.35. The molecule has 1 nitrogen and oxygen atoms in total. The van der Waals surface area contributed by atoms with Gasteiger partial charge in [-0.2, -0.15) is 0 Å². The molecular formula is C16H18BrN. The van der Waals surface area contributed by atoms with Crippen LogP contribution in [0.4, 0.5) is 0 Å². The Hall–Kier alpha value is -1.12. The van der Waals surface area contributed by atoms with Gasteiger partial charge in [0.05, 0.1) is 0 Å². The minimum absolute atomic E-state index is 0.352. The lowest BCUT2D eigenvalue weighted by atomic mass is 9.95. The molecule has 0 amide bonds. The summed E-state index contributed by atoms with van der Waals surface area (Å²) in [7, 11) is 2.02. The maximum absolute atomic E-state index is 3.62. The highest BCUT2D eigenvalue weighted by molar-refractivity contribution is 9.10. The second kappa shape index (κ2) is 6.17. The molecule has 18 heavy (non-hydrogen) atoms. The van der Waals surface area contributed by atoms with Gasteiger partial charge in [0.1, 0.15) is 0 Å².